The summed E-state index contributed by atoms with van der Waals surface area (Å²) < 4.78 is 5.15. The molecule has 0 saturated carbocycles. The smallest absolute Gasteiger partial charge is 0.118 e. The van der Waals surface area contributed by atoms with Crippen LogP contribution in [0.15, 0.2) is 41.1 Å². The van der Waals surface area contributed by atoms with Crippen LogP contribution >= 0.6 is 11.3 Å². The van der Waals surface area contributed by atoms with Gasteiger partial charge in [-0.25, -0.2) is 0 Å². The van der Waals surface area contributed by atoms with Gasteiger partial charge < -0.3 is 10.1 Å². The molecule has 0 radical (unpaired) electrons. The van der Waals surface area contributed by atoms with Crippen LogP contribution in [0, 0.1) is 0 Å². The number of rotatable bonds is 6. The molecule has 1 unspecified atom stereocenters. The Labute approximate surface area is 113 Å². The second kappa shape index (κ2) is 6.57. The number of hydrogen-bond acceptors (Lipinski definition) is 3. The van der Waals surface area contributed by atoms with Gasteiger partial charge in [0.05, 0.1) is 7.11 Å². The topological polar surface area (TPSA) is 21.3 Å². The molecule has 1 aromatic heterocycles. The summed E-state index contributed by atoms with van der Waals surface area (Å²) >= 11 is 1.75. The number of benzene rings is 1. The average molecular weight is 261 g/mol. The number of methoxy groups -OCH3 is 1. The van der Waals surface area contributed by atoms with Gasteiger partial charge in [-0.05, 0) is 60.0 Å². The van der Waals surface area contributed by atoms with E-state index in [1.165, 1.54) is 11.1 Å². The second-order valence-electron chi connectivity index (χ2n) is 4.33. The van der Waals surface area contributed by atoms with E-state index < -0.39 is 0 Å². The summed E-state index contributed by atoms with van der Waals surface area (Å²) in [7, 11) is 1.69. The van der Waals surface area contributed by atoms with Crippen molar-refractivity contribution in [1.29, 1.82) is 0 Å². The van der Waals surface area contributed by atoms with Gasteiger partial charge in [0.15, 0.2) is 0 Å². The summed E-state index contributed by atoms with van der Waals surface area (Å²) in [5.74, 6) is 0.915. The SMILES string of the molecule is COc1ccc(CCNC(C)c2ccsc2)cc1. The normalized spacial score (nSPS) is 12.3. The van der Waals surface area contributed by atoms with Crippen molar-refractivity contribution in [2.24, 2.45) is 0 Å². The van der Waals surface area contributed by atoms with Crippen LogP contribution in [-0.2, 0) is 6.42 Å². The van der Waals surface area contributed by atoms with Crippen molar-refractivity contribution < 1.29 is 4.74 Å². The lowest BCUT2D eigenvalue weighted by Gasteiger charge is -2.12. The van der Waals surface area contributed by atoms with Gasteiger partial charge in [-0.2, -0.15) is 11.3 Å². The van der Waals surface area contributed by atoms with E-state index in [9.17, 15) is 0 Å². The molecule has 1 N–H and O–H groups in total. The molecule has 2 nitrogen and oxygen atoms in total. The summed E-state index contributed by atoms with van der Waals surface area (Å²) in [4.78, 5) is 0. The highest BCUT2D eigenvalue weighted by atomic mass is 32.1. The van der Waals surface area contributed by atoms with Gasteiger partial charge in [-0.15, -0.1) is 0 Å². The average Bonchev–Trinajstić information content (AvgIpc) is 2.93. The van der Waals surface area contributed by atoms with Crippen molar-refractivity contribution in [2.45, 2.75) is 19.4 Å². The molecule has 0 fully saturated rings. The van der Waals surface area contributed by atoms with Crippen LogP contribution in [0.4, 0.5) is 0 Å². The molecule has 0 saturated heterocycles. The highest BCUT2D eigenvalue weighted by molar-refractivity contribution is 7.07. The molecule has 1 heterocycles. The van der Waals surface area contributed by atoms with E-state index in [1.807, 2.05) is 12.1 Å². The van der Waals surface area contributed by atoms with E-state index >= 15 is 0 Å². The Balaban J connectivity index is 1.77. The van der Waals surface area contributed by atoms with Crippen LogP contribution in [0.1, 0.15) is 24.1 Å². The molecule has 3 heteroatoms. The summed E-state index contributed by atoms with van der Waals surface area (Å²) in [5.41, 5.74) is 2.70. The molecule has 96 valence electrons. The van der Waals surface area contributed by atoms with E-state index in [-0.39, 0.29) is 0 Å². The Morgan fingerprint density at radius 3 is 2.61 bits per heavy atom. The minimum Gasteiger partial charge on any atom is -0.497 e. The minimum atomic E-state index is 0.425. The first-order valence-corrected chi connectivity index (χ1v) is 7.12. The van der Waals surface area contributed by atoms with Gasteiger partial charge in [0.2, 0.25) is 0 Å². The molecular formula is C15H19NOS. The largest absolute Gasteiger partial charge is 0.497 e. The molecule has 1 aromatic carbocycles. The Morgan fingerprint density at radius 2 is 2.00 bits per heavy atom. The van der Waals surface area contributed by atoms with Gasteiger partial charge in [0, 0.05) is 6.04 Å². The Bertz CT molecular complexity index is 450. The zero-order chi connectivity index (χ0) is 12.8. The van der Waals surface area contributed by atoms with E-state index in [4.69, 9.17) is 4.74 Å². The van der Waals surface area contributed by atoms with E-state index in [1.54, 1.807) is 18.4 Å². The maximum atomic E-state index is 5.15. The molecule has 2 aromatic rings. The summed E-state index contributed by atoms with van der Waals surface area (Å²) in [6.45, 7) is 3.19. The number of hydrogen-bond donors (Lipinski definition) is 1. The molecule has 0 aliphatic carbocycles. The van der Waals surface area contributed by atoms with Gasteiger partial charge in [-0.3, -0.25) is 0 Å². The van der Waals surface area contributed by atoms with Crippen molar-refractivity contribution in [2.75, 3.05) is 13.7 Å². The van der Waals surface area contributed by atoms with Crippen LogP contribution in [0.5, 0.6) is 5.75 Å². The lowest BCUT2D eigenvalue weighted by molar-refractivity contribution is 0.414. The molecule has 0 bridgehead atoms. The van der Waals surface area contributed by atoms with E-state index in [0.29, 0.717) is 6.04 Å². The standard InChI is InChI=1S/C15H19NOS/c1-12(14-8-10-18-11-14)16-9-7-13-3-5-15(17-2)6-4-13/h3-6,8,10-12,16H,7,9H2,1-2H3. The third kappa shape index (κ3) is 3.59. The maximum absolute atomic E-state index is 5.15. The quantitative estimate of drug-likeness (QED) is 0.857. The van der Waals surface area contributed by atoms with E-state index in [2.05, 4.69) is 41.2 Å². The minimum absolute atomic E-state index is 0.425. The van der Waals surface area contributed by atoms with Gasteiger partial charge in [0.1, 0.15) is 5.75 Å². The predicted molar refractivity (Wildman–Crippen MR) is 77.4 cm³/mol. The first-order chi connectivity index (χ1) is 8.79. The molecule has 2 rings (SSSR count). The zero-order valence-corrected chi connectivity index (χ0v) is 11.7. The maximum Gasteiger partial charge on any atom is 0.118 e. The Morgan fingerprint density at radius 1 is 1.22 bits per heavy atom. The summed E-state index contributed by atoms with van der Waals surface area (Å²) in [6.07, 6.45) is 1.04. The molecule has 0 aliphatic heterocycles. The van der Waals surface area contributed by atoms with Crippen molar-refractivity contribution in [3.63, 3.8) is 0 Å². The van der Waals surface area contributed by atoms with Crippen molar-refractivity contribution in [1.82, 2.24) is 5.32 Å². The molecule has 0 amide bonds. The number of ether oxygens (including phenoxy) is 1. The fourth-order valence-corrected chi connectivity index (χ4v) is 2.62. The fraction of sp³-hybridized carbons (Fsp3) is 0.333. The number of nitrogens with one attached hydrogen (secondary N) is 1. The van der Waals surface area contributed by atoms with Crippen LogP contribution in [0.3, 0.4) is 0 Å². The third-order valence-electron chi connectivity index (χ3n) is 3.07. The predicted octanol–water partition coefficient (Wildman–Crippen LogP) is 3.65. The van der Waals surface area contributed by atoms with Gasteiger partial charge in [-0.1, -0.05) is 12.1 Å². The highest BCUT2D eigenvalue weighted by Gasteiger charge is 2.04. The molecule has 1 atom stereocenters. The molecule has 0 spiro atoms. The van der Waals surface area contributed by atoms with Crippen LogP contribution < -0.4 is 10.1 Å². The molecule has 18 heavy (non-hydrogen) atoms. The van der Waals surface area contributed by atoms with Crippen molar-refractivity contribution in [3.8, 4) is 5.75 Å². The molecule has 0 aliphatic rings. The van der Waals surface area contributed by atoms with Gasteiger partial charge >= 0.3 is 0 Å². The monoisotopic (exact) mass is 261 g/mol. The van der Waals surface area contributed by atoms with E-state index in [0.717, 1.165) is 18.7 Å². The fourth-order valence-electron chi connectivity index (χ4n) is 1.86. The first-order valence-electron chi connectivity index (χ1n) is 6.18. The number of thiophene rings is 1. The second-order valence-corrected chi connectivity index (χ2v) is 5.11. The Hall–Kier alpha value is -1.32. The summed E-state index contributed by atoms with van der Waals surface area (Å²) in [5, 5.41) is 7.86. The van der Waals surface area contributed by atoms with Crippen molar-refractivity contribution >= 4 is 11.3 Å². The van der Waals surface area contributed by atoms with Gasteiger partial charge in [0.25, 0.3) is 0 Å². The zero-order valence-electron chi connectivity index (χ0n) is 10.8. The summed E-state index contributed by atoms with van der Waals surface area (Å²) in [6, 6.07) is 10.9. The third-order valence-corrected chi connectivity index (χ3v) is 3.77. The first kappa shape index (κ1) is 13.1. The van der Waals surface area contributed by atoms with Crippen LogP contribution in [0.2, 0.25) is 0 Å². The lowest BCUT2D eigenvalue weighted by atomic mass is 10.1. The molecular weight excluding hydrogens is 242 g/mol. The highest BCUT2D eigenvalue weighted by Crippen LogP contribution is 2.16. The Kier molecular flexibility index (Phi) is 4.79. The van der Waals surface area contributed by atoms with Crippen LogP contribution in [0.25, 0.3) is 0 Å². The lowest BCUT2D eigenvalue weighted by Crippen LogP contribution is -2.20. The van der Waals surface area contributed by atoms with Crippen LogP contribution in [-0.4, -0.2) is 13.7 Å². The van der Waals surface area contributed by atoms with Crippen molar-refractivity contribution in [3.05, 3.63) is 52.2 Å².